The summed E-state index contributed by atoms with van der Waals surface area (Å²) < 4.78 is 5.25. The Morgan fingerprint density at radius 2 is 1.48 bits per heavy atom. The van der Waals surface area contributed by atoms with Crippen molar-refractivity contribution in [2.24, 2.45) is 0 Å². The van der Waals surface area contributed by atoms with E-state index in [9.17, 15) is 0 Å². The molecule has 0 bridgehead atoms. The summed E-state index contributed by atoms with van der Waals surface area (Å²) in [6.07, 6.45) is 0. The second-order valence-corrected chi connectivity index (χ2v) is 5.71. The Kier molecular flexibility index (Phi) is 5.87. The van der Waals surface area contributed by atoms with Crippen molar-refractivity contribution in [3.63, 3.8) is 0 Å². The Bertz CT molecular complexity index is 830. The first-order valence-corrected chi connectivity index (χ1v) is 8.33. The minimum absolute atomic E-state index is 0.0497. The molecule has 0 aromatic heterocycles. The van der Waals surface area contributed by atoms with Gasteiger partial charge in [0.25, 0.3) is 0 Å². The molecule has 0 fully saturated rings. The van der Waals surface area contributed by atoms with Crippen LogP contribution in [0.2, 0.25) is 0 Å². The van der Waals surface area contributed by atoms with Gasteiger partial charge in [-0.2, -0.15) is 0 Å². The van der Waals surface area contributed by atoms with E-state index in [0.717, 1.165) is 23.4 Å². The molecule has 25 heavy (non-hydrogen) atoms. The molecule has 3 aromatic carbocycles. The van der Waals surface area contributed by atoms with Gasteiger partial charge in [-0.15, -0.1) is 0 Å². The van der Waals surface area contributed by atoms with Crippen LogP contribution < -0.4 is 10.1 Å². The molecule has 124 valence electrons. The van der Waals surface area contributed by atoms with E-state index in [4.69, 9.17) is 4.74 Å². The lowest BCUT2D eigenvalue weighted by Crippen LogP contribution is -2.19. The zero-order valence-electron chi connectivity index (χ0n) is 14.3. The molecule has 0 aliphatic heterocycles. The molecule has 1 unspecified atom stereocenters. The van der Waals surface area contributed by atoms with Crippen LogP contribution in [0, 0.1) is 11.8 Å². The molecule has 1 atom stereocenters. The molecular weight excluding hydrogens is 306 g/mol. The van der Waals surface area contributed by atoms with Gasteiger partial charge in [0.05, 0.1) is 13.2 Å². The van der Waals surface area contributed by atoms with Gasteiger partial charge in [-0.05, 0) is 35.4 Å². The largest absolute Gasteiger partial charge is 0.497 e. The van der Waals surface area contributed by atoms with Gasteiger partial charge in [-0.3, -0.25) is 5.32 Å². The number of rotatable bonds is 5. The van der Waals surface area contributed by atoms with Crippen molar-refractivity contribution in [2.45, 2.75) is 12.6 Å². The number of benzene rings is 3. The van der Waals surface area contributed by atoms with E-state index in [1.54, 1.807) is 7.11 Å². The molecule has 2 heteroatoms. The zero-order chi connectivity index (χ0) is 17.3. The maximum Gasteiger partial charge on any atom is 0.118 e. The van der Waals surface area contributed by atoms with Gasteiger partial charge in [0.1, 0.15) is 5.75 Å². The Hall–Kier alpha value is -3.02. The Morgan fingerprint density at radius 3 is 2.12 bits per heavy atom. The summed E-state index contributed by atoms with van der Waals surface area (Å²) in [5.74, 6) is 7.47. The van der Waals surface area contributed by atoms with Crippen LogP contribution in [0.5, 0.6) is 5.75 Å². The standard InChI is InChI=1S/C23H21NO/c1-25-22-15-13-21(14-16-22)23(17-12-19-8-4-2-5-9-19)24-18-20-10-6-3-7-11-20/h2-11,13-16,23-24H,18H2,1H3. The Morgan fingerprint density at radius 1 is 0.840 bits per heavy atom. The normalized spacial score (nSPS) is 11.2. The molecular formula is C23H21NO. The number of nitrogens with one attached hydrogen (secondary N) is 1. The average Bonchev–Trinajstić information content (AvgIpc) is 2.70. The van der Waals surface area contributed by atoms with E-state index in [0.29, 0.717) is 0 Å². The lowest BCUT2D eigenvalue weighted by atomic mass is 10.1. The van der Waals surface area contributed by atoms with Gasteiger partial charge in [0.2, 0.25) is 0 Å². The van der Waals surface area contributed by atoms with Crippen LogP contribution in [0.1, 0.15) is 22.7 Å². The third kappa shape index (κ3) is 4.97. The highest BCUT2D eigenvalue weighted by Gasteiger charge is 2.08. The maximum atomic E-state index is 5.25. The average molecular weight is 327 g/mol. The van der Waals surface area contributed by atoms with Crippen molar-refractivity contribution >= 4 is 0 Å². The highest BCUT2D eigenvalue weighted by atomic mass is 16.5. The summed E-state index contributed by atoms with van der Waals surface area (Å²) in [7, 11) is 1.68. The summed E-state index contributed by atoms with van der Waals surface area (Å²) in [6.45, 7) is 0.765. The molecule has 0 spiro atoms. The Labute approximate surface area is 149 Å². The van der Waals surface area contributed by atoms with Crippen LogP contribution >= 0.6 is 0 Å². The van der Waals surface area contributed by atoms with Gasteiger partial charge < -0.3 is 4.74 Å². The first kappa shape index (κ1) is 16.8. The van der Waals surface area contributed by atoms with E-state index in [1.807, 2.05) is 48.5 Å². The molecule has 1 N–H and O–H groups in total. The number of hydrogen-bond donors (Lipinski definition) is 1. The van der Waals surface area contributed by atoms with Crippen LogP contribution in [0.3, 0.4) is 0 Å². The van der Waals surface area contributed by atoms with E-state index in [-0.39, 0.29) is 6.04 Å². The minimum Gasteiger partial charge on any atom is -0.497 e. The third-order valence-corrected chi connectivity index (χ3v) is 3.94. The lowest BCUT2D eigenvalue weighted by Gasteiger charge is -2.14. The fraction of sp³-hybridized carbons (Fsp3) is 0.130. The highest BCUT2D eigenvalue weighted by molar-refractivity contribution is 5.39. The van der Waals surface area contributed by atoms with Gasteiger partial charge >= 0.3 is 0 Å². The summed E-state index contributed by atoms with van der Waals surface area (Å²) in [4.78, 5) is 0. The van der Waals surface area contributed by atoms with Crippen molar-refractivity contribution in [1.29, 1.82) is 0 Å². The Balaban J connectivity index is 1.81. The second-order valence-electron chi connectivity index (χ2n) is 5.71. The quantitative estimate of drug-likeness (QED) is 0.693. The second kappa shape index (κ2) is 8.73. The van der Waals surface area contributed by atoms with E-state index < -0.39 is 0 Å². The van der Waals surface area contributed by atoms with Crippen LogP contribution in [0.15, 0.2) is 84.9 Å². The molecule has 3 rings (SSSR count). The lowest BCUT2D eigenvalue weighted by molar-refractivity contribution is 0.414. The first-order valence-electron chi connectivity index (χ1n) is 8.33. The summed E-state index contributed by atoms with van der Waals surface area (Å²) >= 11 is 0. The summed E-state index contributed by atoms with van der Waals surface area (Å²) in [5.41, 5.74) is 3.38. The summed E-state index contributed by atoms with van der Waals surface area (Å²) in [5, 5.41) is 3.55. The van der Waals surface area contributed by atoms with Crippen LogP contribution in [-0.2, 0) is 6.54 Å². The topological polar surface area (TPSA) is 21.3 Å². The minimum atomic E-state index is -0.0497. The monoisotopic (exact) mass is 327 g/mol. The third-order valence-electron chi connectivity index (χ3n) is 3.94. The number of methoxy groups -OCH3 is 1. The molecule has 0 amide bonds. The molecule has 2 nitrogen and oxygen atoms in total. The zero-order valence-corrected chi connectivity index (χ0v) is 14.3. The predicted molar refractivity (Wildman–Crippen MR) is 102 cm³/mol. The van der Waals surface area contributed by atoms with Gasteiger partial charge in [-0.1, -0.05) is 72.5 Å². The molecule has 0 heterocycles. The van der Waals surface area contributed by atoms with Crippen molar-refractivity contribution in [2.75, 3.05) is 7.11 Å². The molecule has 0 saturated heterocycles. The molecule has 3 aromatic rings. The van der Waals surface area contributed by atoms with E-state index in [1.165, 1.54) is 5.56 Å². The SMILES string of the molecule is COc1ccc(C(C#Cc2ccccc2)NCc2ccccc2)cc1. The molecule has 0 saturated carbocycles. The summed E-state index contributed by atoms with van der Waals surface area (Å²) in [6, 6.07) is 28.4. The van der Waals surface area contributed by atoms with Crippen LogP contribution in [0.4, 0.5) is 0 Å². The van der Waals surface area contributed by atoms with Crippen molar-refractivity contribution < 1.29 is 4.74 Å². The number of hydrogen-bond acceptors (Lipinski definition) is 2. The fourth-order valence-electron chi connectivity index (χ4n) is 2.54. The maximum absolute atomic E-state index is 5.25. The van der Waals surface area contributed by atoms with E-state index in [2.05, 4.69) is 53.6 Å². The van der Waals surface area contributed by atoms with E-state index >= 15 is 0 Å². The predicted octanol–water partition coefficient (Wildman–Crippen LogP) is 4.58. The molecule has 0 radical (unpaired) electrons. The van der Waals surface area contributed by atoms with Crippen LogP contribution in [0.25, 0.3) is 0 Å². The fourth-order valence-corrected chi connectivity index (χ4v) is 2.54. The van der Waals surface area contributed by atoms with Crippen molar-refractivity contribution in [3.8, 4) is 17.6 Å². The molecule has 0 aliphatic rings. The smallest absolute Gasteiger partial charge is 0.118 e. The number of ether oxygens (including phenoxy) is 1. The van der Waals surface area contributed by atoms with Gasteiger partial charge in [0.15, 0.2) is 0 Å². The first-order chi connectivity index (χ1) is 12.3. The van der Waals surface area contributed by atoms with Crippen LogP contribution in [-0.4, -0.2) is 7.11 Å². The van der Waals surface area contributed by atoms with Gasteiger partial charge in [0, 0.05) is 12.1 Å². The highest BCUT2D eigenvalue weighted by Crippen LogP contribution is 2.18. The van der Waals surface area contributed by atoms with Gasteiger partial charge in [-0.25, -0.2) is 0 Å². The van der Waals surface area contributed by atoms with Crippen molar-refractivity contribution in [1.82, 2.24) is 5.32 Å². The van der Waals surface area contributed by atoms with Crippen molar-refractivity contribution in [3.05, 3.63) is 102 Å². The molecule has 0 aliphatic carbocycles.